The molecule has 2 N–H and O–H groups in total. The van der Waals surface area contributed by atoms with Gasteiger partial charge in [0.25, 0.3) is 0 Å². The van der Waals surface area contributed by atoms with Crippen LogP contribution in [0.4, 0.5) is 5.69 Å². The van der Waals surface area contributed by atoms with E-state index in [9.17, 15) is 18.0 Å². The molecule has 11 nitrogen and oxygen atoms in total. The van der Waals surface area contributed by atoms with Gasteiger partial charge in [0, 0.05) is 54.8 Å². The second-order valence-corrected chi connectivity index (χ2v) is 12.8. The van der Waals surface area contributed by atoms with Crippen LogP contribution in [0.1, 0.15) is 46.1 Å². The molecule has 3 aliphatic rings. The summed E-state index contributed by atoms with van der Waals surface area (Å²) in [5.74, 6) is -0.872. The summed E-state index contributed by atoms with van der Waals surface area (Å²) in [5, 5.41) is 9.01. The first-order valence-corrected chi connectivity index (χ1v) is 14.5. The second-order valence-electron chi connectivity index (χ2n) is 11.1. The van der Waals surface area contributed by atoms with Gasteiger partial charge in [-0.25, -0.2) is 17.9 Å². The molecular weight excluding hydrogens is 508 g/mol. The molecule has 1 saturated carbocycles. The van der Waals surface area contributed by atoms with Gasteiger partial charge in [0.05, 0.1) is 29.8 Å². The summed E-state index contributed by atoms with van der Waals surface area (Å²) in [6, 6.07) is 2.73. The van der Waals surface area contributed by atoms with E-state index in [2.05, 4.69) is 40.5 Å². The van der Waals surface area contributed by atoms with E-state index in [4.69, 9.17) is 4.74 Å². The van der Waals surface area contributed by atoms with Crippen LogP contribution >= 0.6 is 0 Å². The molecule has 2 saturated heterocycles. The quantitative estimate of drug-likeness (QED) is 0.397. The van der Waals surface area contributed by atoms with Crippen molar-refractivity contribution in [3.05, 3.63) is 31.0 Å². The van der Waals surface area contributed by atoms with E-state index in [-0.39, 0.29) is 35.5 Å². The van der Waals surface area contributed by atoms with Gasteiger partial charge in [0.15, 0.2) is 0 Å². The van der Waals surface area contributed by atoms with Gasteiger partial charge in [-0.3, -0.25) is 9.48 Å². The molecule has 2 aromatic rings. The van der Waals surface area contributed by atoms with Crippen molar-refractivity contribution in [1.29, 1.82) is 0 Å². The van der Waals surface area contributed by atoms with Crippen molar-refractivity contribution < 1.29 is 22.7 Å². The molecule has 4 atom stereocenters. The first-order chi connectivity index (χ1) is 17.9. The summed E-state index contributed by atoms with van der Waals surface area (Å²) >= 11 is 0. The summed E-state index contributed by atoms with van der Waals surface area (Å²) in [7, 11) is -2.50. The lowest BCUT2D eigenvalue weighted by molar-refractivity contribution is -0.149. The van der Waals surface area contributed by atoms with Crippen molar-refractivity contribution >= 4 is 38.5 Å². The Morgan fingerprint density at radius 2 is 1.89 bits per heavy atom. The fraction of sp³-hybridized carbons (Fsp3) is 0.577. The molecule has 1 aliphatic carbocycles. The lowest BCUT2D eigenvalue weighted by Crippen LogP contribution is -2.54. The van der Waals surface area contributed by atoms with Gasteiger partial charge < -0.3 is 19.9 Å². The van der Waals surface area contributed by atoms with Crippen LogP contribution < -0.4 is 14.9 Å². The molecule has 38 heavy (non-hydrogen) atoms. The van der Waals surface area contributed by atoms with Crippen molar-refractivity contribution in [2.75, 3.05) is 31.6 Å². The maximum absolute atomic E-state index is 13.5. The Hall–Kier alpha value is -2.96. The highest BCUT2D eigenvalue weighted by Gasteiger charge is 2.43. The van der Waals surface area contributed by atoms with Crippen molar-refractivity contribution in [3.8, 4) is 0 Å². The fourth-order valence-corrected chi connectivity index (χ4v) is 7.22. The Bertz CT molecular complexity index is 1370. The zero-order chi connectivity index (χ0) is 27.4. The molecule has 0 unspecified atom stereocenters. The highest BCUT2D eigenvalue weighted by Crippen LogP contribution is 2.39. The minimum absolute atomic E-state index is 0.176. The van der Waals surface area contributed by atoms with Crippen LogP contribution in [0.15, 0.2) is 35.9 Å². The Morgan fingerprint density at radius 1 is 1.21 bits per heavy atom. The molecule has 0 radical (unpaired) electrons. The number of hydrogen-bond donors (Lipinski definition) is 2. The number of fused-ring (bicyclic) bond motifs is 1. The molecule has 12 heteroatoms. The number of amides is 1. The average molecular weight is 545 g/mol. The van der Waals surface area contributed by atoms with E-state index >= 15 is 0 Å². The third kappa shape index (κ3) is 4.92. The van der Waals surface area contributed by atoms with Crippen LogP contribution in [-0.2, 0) is 24.3 Å². The first kappa shape index (κ1) is 26.6. The third-order valence-electron chi connectivity index (χ3n) is 7.81. The molecule has 1 aromatic carbocycles. The van der Waals surface area contributed by atoms with Crippen molar-refractivity contribution in [3.63, 3.8) is 0 Å². The highest BCUT2D eigenvalue weighted by molar-refractivity contribution is 7.89. The molecular formula is C26H36N6O5S. The number of sulfonamides is 1. The topological polar surface area (TPSA) is 126 Å². The molecule has 0 spiro atoms. The minimum Gasteiger partial charge on any atom is -0.467 e. The van der Waals surface area contributed by atoms with Gasteiger partial charge in [-0.15, -0.1) is 0 Å². The molecule has 1 amide bonds. The molecule has 2 aliphatic heterocycles. The number of anilines is 1. The van der Waals surface area contributed by atoms with Crippen LogP contribution in [0, 0.1) is 0 Å². The number of esters is 1. The van der Waals surface area contributed by atoms with Gasteiger partial charge in [0.2, 0.25) is 15.9 Å². The SMILES string of the molecule is C=CC(=O)N1C[C@H](n2ncc3c(N4C[C@H](C)N[C@@H](C)C4)cc(S(=O)(=O)NC4(C)CC4)cc32)C[C@H]1C(=O)OC. The van der Waals surface area contributed by atoms with Gasteiger partial charge >= 0.3 is 5.97 Å². The zero-order valence-corrected chi connectivity index (χ0v) is 23.1. The predicted molar refractivity (Wildman–Crippen MR) is 143 cm³/mol. The standard InChI is InChI=1S/C26H36N6O5S/c1-6-24(33)31-15-18(9-23(31)25(34)37-5)32-22-11-19(38(35,36)29-26(4)7-8-26)10-21(20(22)12-27-32)30-13-16(2)28-17(3)14-30/h6,10-12,16-18,23,28-29H,1,7-9,13-15H2,2-5H3/t16-,17-,18+,23-/m0/s1. The van der Waals surface area contributed by atoms with Crippen molar-refractivity contribution in [2.45, 2.75) is 74.6 Å². The van der Waals surface area contributed by atoms with E-state index in [1.165, 1.54) is 18.1 Å². The Balaban J connectivity index is 1.61. The van der Waals surface area contributed by atoms with Gasteiger partial charge in [-0.2, -0.15) is 5.10 Å². The number of carbonyl (C=O) groups excluding carboxylic acids is 2. The number of nitrogens with zero attached hydrogens (tertiary/aromatic N) is 4. The number of likely N-dealkylation sites (tertiary alicyclic amines) is 1. The largest absolute Gasteiger partial charge is 0.467 e. The fourth-order valence-electron chi connectivity index (χ4n) is 5.72. The van der Waals surface area contributed by atoms with Crippen molar-refractivity contribution in [1.82, 2.24) is 24.7 Å². The Morgan fingerprint density at radius 3 is 2.50 bits per heavy atom. The average Bonchev–Trinajstić information content (AvgIpc) is 3.25. The van der Waals surface area contributed by atoms with Crippen LogP contribution in [0.5, 0.6) is 0 Å². The summed E-state index contributed by atoms with van der Waals surface area (Å²) < 4.78 is 36.6. The third-order valence-corrected chi connectivity index (χ3v) is 9.43. The van der Waals surface area contributed by atoms with Crippen LogP contribution in [-0.4, -0.2) is 85.4 Å². The van der Waals surface area contributed by atoms with E-state index in [1.54, 1.807) is 23.0 Å². The van der Waals surface area contributed by atoms with E-state index in [0.717, 1.165) is 23.9 Å². The van der Waals surface area contributed by atoms with Crippen LogP contribution in [0.2, 0.25) is 0 Å². The minimum atomic E-state index is -3.79. The smallest absolute Gasteiger partial charge is 0.328 e. The summed E-state index contributed by atoms with van der Waals surface area (Å²) in [5.41, 5.74) is 1.03. The van der Waals surface area contributed by atoms with E-state index in [1.807, 2.05) is 6.92 Å². The first-order valence-electron chi connectivity index (χ1n) is 13.0. The van der Waals surface area contributed by atoms with Crippen LogP contribution in [0.3, 0.4) is 0 Å². The van der Waals surface area contributed by atoms with E-state index < -0.39 is 27.6 Å². The lowest BCUT2D eigenvalue weighted by Gasteiger charge is -2.38. The molecule has 3 heterocycles. The number of nitrogens with one attached hydrogen (secondary N) is 2. The number of rotatable bonds is 7. The zero-order valence-electron chi connectivity index (χ0n) is 22.3. The Kier molecular flexibility index (Phi) is 6.77. The van der Waals surface area contributed by atoms with Crippen LogP contribution in [0.25, 0.3) is 10.9 Å². The Labute approximate surface area is 223 Å². The molecule has 3 fully saturated rings. The molecule has 206 valence electrons. The summed E-state index contributed by atoms with van der Waals surface area (Å²) in [6.45, 7) is 11.3. The van der Waals surface area contributed by atoms with E-state index in [0.29, 0.717) is 25.0 Å². The monoisotopic (exact) mass is 544 g/mol. The van der Waals surface area contributed by atoms with Gasteiger partial charge in [-0.05, 0) is 51.8 Å². The predicted octanol–water partition coefficient (Wildman–Crippen LogP) is 1.55. The normalized spacial score (nSPS) is 26.9. The highest BCUT2D eigenvalue weighted by atomic mass is 32.2. The maximum atomic E-state index is 13.5. The number of aromatic nitrogens is 2. The molecule has 0 bridgehead atoms. The number of ether oxygens (including phenoxy) is 1. The van der Waals surface area contributed by atoms with Crippen molar-refractivity contribution in [2.24, 2.45) is 0 Å². The number of methoxy groups -OCH3 is 1. The number of benzene rings is 1. The van der Waals surface area contributed by atoms with Gasteiger partial charge in [0.1, 0.15) is 6.04 Å². The second kappa shape index (κ2) is 9.65. The molecule has 1 aromatic heterocycles. The van der Waals surface area contributed by atoms with Gasteiger partial charge in [-0.1, -0.05) is 6.58 Å². The summed E-state index contributed by atoms with van der Waals surface area (Å²) in [6.07, 6.45) is 4.83. The maximum Gasteiger partial charge on any atom is 0.328 e. The summed E-state index contributed by atoms with van der Waals surface area (Å²) in [4.78, 5) is 28.9. The molecule has 5 rings (SSSR count). The number of carbonyl (C=O) groups is 2. The lowest BCUT2D eigenvalue weighted by atomic mass is 10.1. The number of hydrogen-bond acceptors (Lipinski definition) is 8. The number of piperazine rings is 1.